The van der Waals surface area contributed by atoms with Crippen LogP contribution < -0.4 is 10.2 Å². The first-order valence-corrected chi connectivity index (χ1v) is 9.79. The number of amides is 2. The second-order valence-corrected chi connectivity index (χ2v) is 7.55. The van der Waals surface area contributed by atoms with Crippen LogP contribution in [0.25, 0.3) is 11.2 Å². The second kappa shape index (κ2) is 7.00. The van der Waals surface area contributed by atoms with E-state index in [9.17, 15) is 14.4 Å². The molecule has 1 N–H and O–H groups in total. The SMILES string of the molecule is CC1C(=O)c2cccc3c2N1C(C1=C(c2cnc4ccccn24)C(=O)NC1=O)=CN=C3.Cl. The number of imidazole rings is 1. The quantitative estimate of drug-likeness (QED) is 0.611. The van der Waals surface area contributed by atoms with Gasteiger partial charge in [-0.3, -0.25) is 29.1 Å². The van der Waals surface area contributed by atoms with Gasteiger partial charge in [0, 0.05) is 23.5 Å². The summed E-state index contributed by atoms with van der Waals surface area (Å²) in [6, 6.07) is 10.4. The molecule has 3 aliphatic rings. The third kappa shape index (κ3) is 2.53. The number of para-hydroxylation sites is 1. The molecule has 8 nitrogen and oxygen atoms in total. The molecule has 6 rings (SSSR count). The lowest BCUT2D eigenvalue weighted by Crippen LogP contribution is -2.34. The van der Waals surface area contributed by atoms with Gasteiger partial charge < -0.3 is 4.90 Å². The van der Waals surface area contributed by atoms with Crippen molar-refractivity contribution in [3.8, 4) is 0 Å². The number of aromatic nitrogens is 2. The summed E-state index contributed by atoms with van der Waals surface area (Å²) in [5.41, 5.74) is 4.00. The van der Waals surface area contributed by atoms with E-state index in [0.29, 0.717) is 28.3 Å². The molecular formula is C23H16ClN5O3. The highest BCUT2D eigenvalue weighted by molar-refractivity contribution is 6.37. The summed E-state index contributed by atoms with van der Waals surface area (Å²) in [5.74, 6) is -1.08. The maximum absolute atomic E-state index is 13.0. The van der Waals surface area contributed by atoms with Crippen LogP contribution in [0.2, 0.25) is 0 Å². The van der Waals surface area contributed by atoms with Gasteiger partial charge in [0.05, 0.1) is 46.7 Å². The molecule has 0 fully saturated rings. The van der Waals surface area contributed by atoms with Crippen LogP contribution in [0, 0.1) is 0 Å². The number of rotatable bonds is 2. The van der Waals surface area contributed by atoms with Crippen LogP contribution in [0.3, 0.4) is 0 Å². The van der Waals surface area contributed by atoms with Crippen molar-refractivity contribution in [2.75, 3.05) is 4.90 Å². The molecule has 0 bridgehead atoms. The Bertz CT molecular complexity index is 1450. The fraction of sp³-hybridized carbons (Fsp3) is 0.0870. The largest absolute Gasteiger partial charge is 0.328 e. The highest BCUT2D eigenvalue weighted by Crippen LogP contribution is 2.42. The van der Waals surface area contributed by atoms with Crippen LogP contribution in [-0.2, 0) is 9.59 Å². The Hall–Kier alpha value is -4.04. The highest BCUT2D eigenvalue weighted by atomic mass is 35.5. The fourth-order valence-electron chi connectivity index (χ4n) is 4.50. The van der Waals surface area contributed by atoms with E-state index in [0.717, 1.165) is 5.56 Å². The maximum atomic E-state index is 13.0. The predicted molar refractivity (Wildman–Crippen MR) is 121 cm³/mol. The standard InChI is InChI=1S/C23H15N5O3.ClH/c1-12-21(29)14-6-4-5-13-9-24-10-16(28(12)20(13)14)19-18(22(30)26-23(19)31)15-11-25-17-7-2-3-8-27(15)17;/h2-12H,1H3,(H,26,30,31);1H. The van der Waals surface area contributed by atoms with E-state index in [4.69, 9.17) is 0 Å². The number of hydrogen-bond acceptors (Lipinski definition) is 6. The third-order valence-electron chi connectivity index (χ3n) is 5.87. The summed E-state index contributed by atoms with van der Waals surface area (Å²) < 4.78 is 1.76. The monoisotopic (exact) mass is 445 g/mol. The topological polar surface area (TPSA) is 96.1 Å². The van der Waals surface area contributed by atoms with E-state index >= 15 is 0 Å². The van der Waals surface area contributed by atoms with Gasteiger partial charge in [-0.05, 0) is 25.1 Å². The van der Waals surface area contributed by atoms with Gasteiger partial charge in [-0.1, -0.05) is 18.2 Å². The first-order chi connectivity index (χ1) is 15.1. The number of benzene rings is 1. The average Bonchev–Trinajstić information content (AvgIpc) is 3.33. The van der Waals surface area contributed by atoms with E-state index in [1.165, 1.54) is 6.20 Å². The zero-order valence-electron chi connectivity index (χ0n) is 16.8. The lowest BCUT2D eigenvalue weighted by atomic mass is 10.0. The van der Waals surface area contributed by atoms with Crippen LogP contribution >= 0.6 is 12.4 Å². The third-order valence-corrected chi connectivity index (χ3v) is 5.87. The van der Waals surface area contributed by atoms with Crippen molar-refractivity contribution in [1.29, 1.82) is 0 Å². The summed E-state index contributed by atoms with van der Waals surface area (Å²) in [7, 11) is 0. The Morgan fingerprint density at radius 1 is 1.00 bits per heavy atom. The number of Topliss-reactive ketones (excluding diaryl/α,β-unsaturated/α-hetero) is 1. The molecule has 2 amide bonds. The number of carbonyl (C=O) groups excluding carboxylic acids is 3. The summed E-state index contributed by atoms with van der Waals surface area (Å²) in [4.78, 5) is 49.3. The maximum Gasteiger partial charge on any atom is 0.261 e. The number of carbonyl (C=O) groups is 3. The van der Waals surface area contributed by atoms with Crippen LogP contribution in [0.4, 0.5) is 5.69 Å². The number of halogens is 1. The van der Waals surface area contributed by atoms with Crippen LogP contribution in [0.5, 0.6) is 0 Å². The molecule has 1 aromatic carbocycles. The first kappa shape index (κ1) is 19.9. The van der Waals surface area contributed by atoms with Crippen LogP contribution in [0.1, 0.15) is 28.5 Å². The van der Waals surface area contributed by atoms with Crippen molar-refractivity contribution in [2.45, 2.75) is 13.0 Å². The molecular weight excluding hydrogens is 430 g/mol. The van der Waals surface area contributed by atoms with Gasteiger partial charge in [0.25, 0.3) is 11.8 Å². The van der Waals surface area contributed by atoms with Gasteiger partial charge >= 0.3 is 0 Å². The molecule has 0 aliphatic carbocycles. The lowest BCUT2D eigenvalue weighted by molar-refractivity contribution is -0.123. The molecule has 1 unspecified atom stereocenters. The Balaban J connectivity index is 0.00000216. The molecule has 0 saturated carbocycles. The molecule has 9 heteroatoms. The normalized spacial score (nSPS) is 19.2. The minimum atomic E-state index is -0.538. The van der Waals surface area contributed by atoms with Crippen molar-refractivity contribution >= 4 is 53.1 Å². The number of anilines is 1. The lowest BCUT2D eigenvalue weighted by Gasteiger charge is -2.27. The Labute approximate surface area is 188 Å². The smallest absolute Gasteiger partial charge is 0.261 e. The molecule has 0 saturated heterocycles. The molecule has 1 atom stereocenters. The van der Waals surface area contributed by atoms with Crippen LogP contribution in [0.15, 0.2) is 71.3 Å². The summed E-state index contributed by atoms with van der Waals surface area (Å²) in [6.07, 6.45) is 6.55. The molecule has 3 aromatic rings. The zero-order valence-corrected chi connectivity index (χ0v) is 17.6. The van der Waals surface area contributed by atoms with Gasteiger partial charge in [-0.15, -0.1) is 12.4 Å². The first-order valence-electron chi connectivity index (χ1n) is 9.79. The van der Waals surface area contributed by atoms with Gasteiger partial charge in [0.1, 0.15) is 5.65 Å². The zero-order chi connectivity index (χ0) is 21.3. The van der Waals surface area contributed by atoms with Gasteiger partial charge in [0.2, 0.25) is 0 Å². The van der Waals surface area contributed by atoms with Crippen molar-refractivity contribution in [3.05, 3.63) is 83.1 Å². The number of pyridine rings is 1. The molecule has 5 heterocycles. The number of ketones is 1. The number of fused-ring (bicyclic) bond motifs is 1. The number of imide groups is 1. The number of nitrogens with one attached hydrogen (secondary N) is 1. The van der Waals surface area contributed by atoms with E-state index in [-0.39, 0.29) is 29.3 Å². The van der Waals surface area contributed by atoms with Gasteiger partial charge in [-0.2, -0.15) is 0 Å². The van der Waals surface area contributed by atoms with Crippen LogP contribution in [-0.4, -0.2) is 39.2 Å². The predicted octanol–water partition coefficient (Wildman–Crippen LogP) is 2.53. The Morgan fingerprint density at radius 3 is 2.66 bits per heavy atom. The Morgan fingerprint density at radius 2 is 1.81 bits per heavy atom. The number of nitrogens with zero attached hydrogens (tertiary/aromatic N) is 4. The van der Waals surface area contributed by atoms with E-state index in [1.54, 1.807) is 40.9 Å². The van der Waals surface area contributed by atoms with E-state index in [2.05, 4.69) is 15.3 Å². The second-order valence-electron chi connectivity index (χ2n) is 7.55. The summed E-state index contributed by atoms with van der Waals surface area (Å²) in [6.45, 7) is 1.79. The fourth-order valence-corrected chi connectivity index (χ4v) is 4.50. The molecule has 0 spiro atoms. The van der Waals surface area contributed by atoms with Crippen molar-refractivity contribution in [2.24, 2.45) is 4.99 Å². The molecule has 3 aliphatic heterocycles. The van der Waals surface area contributed by atoms with Gasteiger partial charge in [0.15, 0.2) is 5.78 Å². The van der Waals surface area contributed by atoms with Gasteiger partial charge in [-0.25, -0.2) is 4.98 Å². The van der Waals surface area contributed by atoms with Crippen molar-refractivity contribution in [3.63, 3.8) is 0 Å². The minimum absolute atomic E-state index is 0. The molecule has 32 heavy (non-hydrogen) atoms. The minimum Gasteiger partial charge on any atom is -0.328 e. The number of hydrogen-bond donors (Lipinski definition) is 1. The van der Waals surface area contributed by atoms with Crippen molar-refractivity contribution < 1.29 is 14.4 Å². The highest BCUT2D eigenvalue weighted by Gasteiger charge is 2.43. The van der Waals surface area contributed by atoms with E-state index in [1.807, 2.05) is 30.3 Å². The number of aliphatic imine (C=N–C) groups is 1. The molecule has 2 aromatic heterocycles. The average molecular weight is 446 g/mol. The summed E-state index contributed by atoms with van der Waals surface area (Å²) >= 11 is 0. The molecule has 158 valence electrons. The van der Waals surface area contributed by atoms with Crippen molar-refractivity contribution in [1.82, 2.24) is 14.7 Å². The van der Waals surface area contributed by atoms with E-state index < -0.39 is 17.9 Å². The molecule has 0 radical (unpaired) electrons. The Kier molecular flexibility index (Phi) is 4.35. The summed E-state index contributed by atoms with van der Waals surface area (Å²) in [5, 5.41) is 2.40.